The molecule has 7 nitrogen and oxygen atoms in total. The van der Waals surface area contributed by atoms with Crippen molar-refractivity contribution in [2.75, 3.05) is 16.8 Å². The third-order valence-electron chi connectivity index (χ3n) is 4.26. The minimum absolute atomic E-state index is 0.0510. The highest BCUT2D eigenvalue weighted by Gasteiger charge is 2.33. The van der Waals surface area contributed by atoms with E-state index in [-0.39, 0.29) is 29.7 Å². The van der Waals surface area contributed by atoms with Gasteiger partial charge in [0.1, 0.15) is 11.8 Å². The van der Waals surface area contributed by atoms with Gasteiger partial charge in [-0.2, -0.15) is 0 Å². The summed E-state index contributed by atoms with van der Waals surface area (Å²) in [4.78, 5) is 37.4. The van der Waals surface area contributed by atoms with Crippen molar-refractivity contribution in [2.24, 2.45) is 0 Å². The number of ether oxygens (including phenoxy) is 1. The van der Waals surface area contributed by atoms with Crippen molar-refractivity contribution in [3.05, 3.63) is 53.6 Å². The molecule has 26 heavy (non-hydrogen) atoms. The summed E-state index contributed by atoms with van der Waals surface area (Å²) in [6.07, 6.45) is 0. The number of amides is 2. The zero-order valence-corrected chi connectivity index (χ0v) is 14.4. The summed E-state index contributed by atoms with van der Waals surface area (Å²) >= 11 is 0. The Bertz CT molecular complexity index is 893. The highest BCUT2D eigenvalue weighted by molar-refractivity contribution is 6.07. The van der Waals surface area contributed by atoms with Gasteiger partial charge in [-0.3, -0.25) is 14.5 Å². The number of aryl methyl sites for hydroxylation is 1. The Kier molecular flexibility index (Phi) is 4.62. The zero-order chi connectivity index (χ0) is 18.8. The summed E-state index contributed by atoms with van der Waals surface area (Å²) in [6.45, 7) is 3.24. The molecule has 0 radical (unpaired) electrons. The van der Waals surface area contributed by atoms with Crippen LogP contribution in [0.1, 0.15) is 22.8 Å². The maximum atomic E-state index is 12.7. The molecule has 1 aliphatic rings. The number of carbonyl (C=O) groups excluding carboxylic acids is 2. The van der Waals surface area contributed by atoms with Crippen molar-refractivity contribution in [3.63, 3.8) is 0 Å². The van der Waals surface area contributed by atoms with E-state index in [1.807, 2.05) is 25.1 Å². The molecule has 0 fully saturated rings. The Balaban J connectivity index is 1.88. The number of hydrogen-bond donors (Lipinski definition) is 2. The van der Waals surface area contributed by atoms with Crippen molar-refractivity contribution < 1.29 is 24.2 Å². The summed E-state index contributed by atoms with van der Waals surface area (Å²) in [5.41, 5.74) is 2.01. The van der Waals surface area contributed by atoms with Crippen LogP contribution in [0.5, 0.6) is 5.75 Å². The van der Waals surface area contributed by atoms with Crippen LogP contribution in [0.2, 0.25) is 0 Å². The average molecular weight is 354 g/mol. The molecule has 3 rings (SSSR count). The van der Waals surface area contributed by atoms with Crippen LogP contribution in [-0.2, 0) is 9.59 Å². The van der Waals surface area contributed by atoms with Crippen LogP contribution in [0.15, 0.2) is 42.5 Å². The number of nitrogens with zero attached hydrogens (tertiary/aromatic N) is 1. The Labute approximate surface area is 150 Å². The van der Waals surface area contributed by atoms with E-state index in [4.69, 9.17) is 9.84 Å². The van der Waals surface area contributed by atoms with Crippen LogP contribution in [0.3, 0.4) is 0 Å². The van der Waals surface area contributed by atoms with Gasteiger partial charge in [-0.05, 0) is 43.7 Å². The molecule has 7 heteroatoms. The van der Waals surface area contributed by atoms with Crippen molar-refractivity contribution in [1.82, 2.24) is 0 Å². The molecule has 1 unspecified atom stereocenters. The number of rotatable bonds is 4. The Morgan fingerprint density at radius 2 is 1.96 bits per heavy atom. The maximum absolute atomic E-state index is 12.7. The zero-order valence-electron chi connectivity index (χ0n) is 14.4. The first-order valence-corrected chi connectivity index (χ1v) is 8.07. The lowest BCUT2D eigenvalue weighted by Crippen LogP contribution is -2.49. The van der Waals surface area contributed by atoms with E-state index in [2.05, 4.69) is 5.32 Å². The molecule has 0 aromatic heterocycles. The van der Waals surface area contributed by atoms with Crippen LogP contribution < -0.4 is 15.0 Å². The number of carbonyl (C=O) groups is 3. The van der Waals surface area contributed by atoms with Crippen LogP contribution in [0.4, 0.5) is 11.4 Å². The highest BCUT2D eigenvalue weighted by Crippen LogP contribution is 2.34. The number of benzene rings is 2. The fourth-order valence-corrected chi connectivity index (χ4v) is 2.80. The summed E-state index contributed by atoms with van der Waals surface area (Å²) in [5, 5.41) is 11.9. The lowest BCUT2D eigenvalue weighted by Gasteiger charge is -2.33. The van der Waals surface area contributed by atoms with Crippen molar-refractivity contribution >= 4 is 29.2 Å². The first kappa shape index (κ1) is 17.5. The van der Waals surface area contributed by atoms with Crippen LogP contribution in [0, 0.1) is 6.92 Å². The van der Waals surface area contributed by atoms with Gasteiger partial charge < -0.3 is 15.2 Å². The van der Waals surface area contributed by atoms with Crippen LogP contribution in [0.25, 0.3) is 0 Å². The fraction of sp³-hybridized carbons (Fsp3) is 0.211. The highest BCUT2D eigenvalue weighted by atomic mass is 16.5. The predicted molar refractivity (Wildman–Crippen MR) is 95.7 cm³/mol. The standard InChI is InChI=1S/C19H18N2O5/c1-11-5-3-4-6-14(11)20-18(23)12(2)21-15-8-7-13(19(24)25)9-16(15)26-10-17(21)22/h3-9,12H,10H2,1-2H3,(H,20,23)(H,24,25). The maximum Gasteiger partial charge on any atom is 0.335 e. The molecule has 2 amide bonds. The van der Waals surface area contributed by atoms with E-state index in [9.17, 15) is 14.4 Å². The smallest absolute Gasteiger partial charge is 0.335 e. The predicted octanol–water partition coefficient (Wildman–Crippen LogP) is 2.45. The van der Waals surface area contributed by atoms with E-state index in [1.165, 1.54) is 23.1 Å². The Hall–Kier alpha value is -3.35. The summed E-state index contributed by atoms with van der Waals surface area (Å²) in [7, 11) is 0. The van der Waals surface area contributed by atoms with E-state index < -0.39 is 12.0 Å². The molecule has 1 atom stereocenters. The molecular weight excluding hydrogens is 336 g/mol. The summed E-state index contributed by atoms with van der Waals surface area (Å²) < 4.78 is 5.34. The van der Waals surface area contributed by atoms with Gasteiger partial charge in [0.2, 0.25) is 5.91 Å². The van der Waals surface area contributed by atoms with Gasteiger partial charge in [0.05, 0.1) is 11.3 Å². The number of carboxylic acid groups (broad SMARTS) is 1. The third kappa shape index (κ3) is 3.23. The number of aromatic carboxylic acids is 1. The fourth-order valence-electron chi connectivity index (χ4n) is 2.80. The van der Waals surface area contributed by atoms with Crippen molar-refractivity contribution in [2.45, 2.75) is 19.9 Å². The molecule has 2 aromatic rings. The van der Waals surface area contributed by atoms with Gasteiger partial charge >= 0.3 is 5.97 Å². The number of nitrogens with one attached hydrogen (secondary N) is 1. The summed E-state index contributed by atoms with van der Waals surface area (Å²) in [5.74, 6) is -1.54. The van der Waals surface area contributed by atoms with E-state index in [0.717, 1.165) is 5.56 Å². The second-order valence-electron chi connectivity index (χ2n) is 6.02. The number of para-hydroxylation sites is 1. The molecule has 2 aromatic carbocycles. The molecule has 0 aliphatic carbocycles. The molecule has 0 saturated heterocycles. The van der Waals surface area contributed by atoms with E-state index in [0.29, 0.717) is 11.4 Å². The normalized spacial score (nSPS) is 14.2. The average Bonchev–Trinajstić information content (AvgIpc) is 2.62. The number of fused-ring (bicyclic) bond motifs is 1. The number of carboxylic acids is 1. The minimum atomic E-state index is -1.09. The van der Waals surface area contributed by atoms with Gasteiger partial charge in [0, 0.05) is 5.69 Å². The Morgan fingerprint density at radius 1 is 1.23 bits per heavy atom. The van der Waals surface area contributed by atoms with Gasteiger partial charge in [-0.25, -0.2) is 4.79 Å². The largest absolute Gasteiger partial charge is 0.482 e. The van der Waals surface area contributed by atoms with Crippen LogP contribution >= 0.6 is 0 Å². The number of anilines is 2. The lowest BCUT2D eigenvalue weighted by molar-refractivity contribution is -0.125. The van der Waals surface area contributed by atoms with Gasteiger partial charge in [0.25, 0.3) is 5.91 Å². The molecule has 0 bridgehead atoms. The molecule has 0 saturated carbocycles. The Morgan fingerprint density at radius 3 is 2.65 bits per heavy atom. The summed E-state index contributed by atoms with van der Waals surface area (Å²) in [6, 6.07) is 10.8. The number of hydrogen-bond acceptors (Lipinski definition) is 4. The molecule has 134 valence electrons. The monoisotopic (exact) mass is 354 g/mol. The van der Waals surface area contributed by atoms with Crippen molar-refractivity contribution in [3.8, 4) is 5.75 Å². The van der Waals surface area contributed by atoms with Gasteiger partial charge in [-0.1, -0.05) is 18.2 Å². The van der Waals surface area contributed by atoms with E-state index >= 15 is 0 Å². The minimum Gasteiger partial charge on any atom is -0.482 e. The van der Waals surface area contributed by atoms with Gasteiger partial charge in [-0.15, -0.1) is 0 Å². The second kappa shape index (κ2) is 6.87. The molecule has 2 N–H and O–H groups in total. The molecular formula is C19H18N2O5. The topological polar surface area (TPSA) is 95.9 Å². The third-order valence-corrected chi connectivity index (χ3v) is 4.26. The van der Waals surface area contributed by atoms with Gasteiger partial charge in [0.15, 0.2) is 6.61 Å². The first-order valence-electron chi connectivity index (χ1n) is 8.07. The van der Waals surface area contributed by atoms with Crippen molar-refractivity contribution in [1.29, 1.82) is 0 Å². The quantitative estimate of drug-likeness (QED) is 0.879. The molecule has 1 aliphatic heterocycles. The second-order valence-corrected chi connectivity index (χ2v) is 6.02. The lowest BCUT2D eigenvalue weighted by atomic mass is 10.1. The molecule has 0 spiro atoms. The SMILES string of the molecule is Cc1ccccc1NC(=O)C(C)N1C(=O)COc2cc(C(=O)O)ccc21. The first-order chi connectivity index (χ1) is 12.4. The van der Waals surface area contributed by atoms with Crippen LogP contribution in [-0.4, -0.2) is 35.5 Å². The van der Waals surface area contributed by atoms with E-state index in [1.54, 1.807) is 13.0 Å². The molecule has 1 heterocycles.